The molecule has 0 spiro atoms. The van der Waals surface area contributed by atoms with E-state index in [0.717, 1.165) is 22.3 Å². The molecule has 0 aliphatic carbocycles. The summed E-state index contributed by atoms with van der Waals surface area (Å²) >= 11 is 0. The Hall–Kier alpha value is -3.92. The minimum absolute atomic E-state index is 0.776. The Morgan fingerprint density at radius 2 is 0.933 bits per heavy atom. The third-order valence-corrected chi connectivity index (χ3v) is 5.68. The van der Waals surface area contributed by atoms with Gasteiger partial charge in [-0.05, 0) is 33.2 Å². The van der Waals surface area contributed by atoms with Crippen LogP contribution in [0.4, 0.5) is 0 Å². The van der Waals surface area contributed by atoms with Crippen LogP contribution in [0.3, 0.4) is 0 Å². The molecule has 0 unspecified atom stereocenters. The first-order valence-corrected chi connectivity index (χ1v) is 9.85. The second-order valence-electron chi connectivity index (χ2n) is 7.19. The molecule has 0 aromatic heterocycles. The van der Waals surface area contributed by atoms with E-state index in [4.69, 9.17) is 10.2 Å². The standard InChI is InChI=1S/C26H19N4/c1-5-13-21(14-6-1)25(22-15-7-2-8-16-22,23-17-9-3-10-18-23)26(27-29-30-28-26)24-19-11-4-12-20-24/h1-3,5-20H. The van der Waals surface area contributed by atoms with Gasteiger partial charge in [-0.3, -0.25) is 0 Å². The smallest absolute Gasteiger partial charge is 0.128 e. The van der Waals surface area contributed by atoms with E-state index < -0.39 is 11.1 Å². The average molecular weight is 387 g/mol. The molecule has 4 nitrogen and oxygen atoms in total. The Morgan fingerprint density at radius 3 is 1.33 bits per heavy atom. The molecular weight excluding hydrogens is 368 g/mol. The minimum atomic E-state index is -1.09. The topological polar surface area (TPSA) is 49.4 Å². The maximum absolute atomic E-state index is 4.72. The maximum atomic E-state index is 4.72. The van der Waals surface area contributed by atoms with Gasteiger partial charge in [0.25, 0.3) is 0 Å². The highest BCUT2D eigenvalue weighted by atomic mass is 15.6. The van der Waals surface area contributed by atoms with Crippen LogP contribution in [0.5, 0.6) is 0 Å². The Morgan fingerprint density at radius 1 is 0.533 bits per heavy atom. The van der Waals surface area contributed by atoms with Crippen molar-refractivity contribution in [2.45, 2.75) is 11.1 Å². The van der Waals surface area contributed by atoms with E-state index in [1.54, 1.807) is 0 Å². The fourth-order valence-electron chi connectivity index (χ4n) is 4.46. The van der Waals surface area contributed by atoms with Crippen LogP contribution >= 0.6 is 0 Å². The van der Waals surface area contributed by atoms with Crippen molar-refractivity contribution in [2.75, 3.05) is 0 Å². The molecule has 1 aliphatic rings. The summed E-state index contributed by atoms with van der Waals surface area (Å²) in [4.78, 5) is 0. The molecule has 4 heteroatoms. The molecule has 0 N–H and O–H groups in total. The molecule has 30 heavy (non-hydrogen) atoms. The molecule has 0 saturated heterocycles. The first kappa shape index (κ1) is 18.1. The van der Waals surface area contributed by atoms with Gasteiger partial charge in [-0.2, -0.15) is 0 Å². The van der Waals surface area contributed by atoms with Crippen molar-refractivity contribution in [1.29, 1.82) is 0 Å². The van der Waals surface area contributed by atoms with Crippen LogP contribution in [0.1, 0.15) is 22.3 Å². The SMILES string of the molecule is [c]1ccc(C2(C(c3ccccc3)(c3ccccc3)c3ccccc3)N=NN=N2)cc1. The normalized spacial score (nSPS) is 14.7. The number of hydrogen-bond donors (Lipinski definition) is 0. The van der Waals surface area contributed by atoms with E-state index in [-0.39, 0.29) is 0 Å². The van der Waals surface area contributed by atoms with Crippen LogP contribution in [0.15, 0.2) is 136 Å². The highest BCUT2D eigenvalue weighted by Crippen LogP contribution is 2.56. The number of benzene rings is 4. The monoisotopic (exact) mass is 387 g/mol. The minimum Gasteiger partial charge on any atom is -0.128 e. The second-order valence-corrected chi connectivity index (χ2v) is 7.19. The van der Waals surface area contributed by atoms with Crippen LogP contribution in [0, 0.1) is 6.07 Å². The summed E-state index contributed by atoms with van der Waals surface area (Å²) in [7, 11) is 0. The Labute approximate surface area is 175 Å². The van der Waals surface area contributed by atoms with E-state index in [1.165, 1.54) is 0 Å². The van der Waals surface area contributed by atoms with Gasteiger partial charge in [0.1, 0.15) is 0 Å². The van der Waals surface area contributed by atoms with Gasteiger partial charge in [-0.25, -0.2) is 0 Å². The van der Waals surface area contributed by atoms with E-state index in [9.17, 15) is 0 Å². The highest BCUT2D eigenvalue weighted by molar-refractivity contribution is 5.57. The van der Waals surface area contributed by atoms with Gasteiger partial charge in [-0.1, -0.05) is 115 Å². The molecule has 0 fully saturated rings. The molecule has 0 amide bonds. The third-order valence-electron chi connectivity index (χ3n) is 5.68. The lowest BCUT2D eigenvalue weighted by Crippen LogP contribution is -2.48. The van der Waals surface area contributed by atoms with Gasteiger partial charge in [0.15, 0.2) is 0 Å². The molecular formula is C26H19N4. The summed E-state index contributed by atoms with van der Waals surface area (Å²) in [5, 5.41) is 17.5. The predicted molar refractivity (Wildman–Crippen MR) is 116 cm³/mol. The molecule has 0 saturated carbocycles. The van der Waals surface area contributed by atoms with Gasteiger partial charge in [0.2, 0.25) is 5.66 Å². The van der Waals surface area contributed by atoms with Crippen molar-refractivity contribution in [2.24, 2.45) is 20.7 Å². The van der Waals surface area contributed by atoms with Crippen molar-refractivity contribution in [3.63, 3.8) is 0 Å². The number of nitrogens with zero attached hydrogens (tertiary/aromatic N) is 4. The zero-order valence-electron chi connectivity index (χ0n) is 16.3. The van der Waals surface area contributed by atoms with Crippen LogP contribution in [-0.2, 0) is 11.1 Å². The van der Waals surface area contributed by atoms with E-state index in [2.05, 4.69) is 52.9 Å². The lowest BCUT2D eigenvalue weighted by Gasteiger charge is -2.44. The summed E-state index contributed by atoms with van der Waals surface area (Å²) in [6.45, 7) is 0. The van der Waals surface area contributed by atoms with E-state index in [0.29, 0.717) is 0 Å². The van der Waals surface area contributed by atoms with Crippen LogP contribution in [-0.4, -0.2) is 0 Å². The summed E-state index contributed by atoms with van der Waals surface area (Å²) in [5.74, 6) is 0. The summed E-state index contributed by atoms with van der Waals surface area (Å²) in [6.07, 6.45) is 0. The molecule has 143 valence electrons. The van der Waals surface area contributed by atoms with Gasteiger partial charge in [0.05, 0.1) is 5.41 Å². The zero-order valence-corrected chi connectivity index (χ0v) is 16.3. The van der Waals surface area contributed by atoms with Crippen LogP contribution < -0.4 is 0 Å². The van der Waals surface area contributed by atoms with Gasteiger partial charge in [0, 0.05) is 5.56 Å². The Bertz CT molecular complexity index is 1060. The lowest BCUT2D eigenvalue weighted by molar-refractivity contribution is 0.317. The van der Waals surface area contributed by atoms with Crippen molar-refractivity contribution in [3.05, 3.63) is 144 Å². The lowest BCUT2D eigenvalue weighted by atomic mass is 9.60. The Kier molecular flexibility index (Phi) is 4.52. The van der Waals surface area contributed by atoms with Crippen molar-refractivity contribution in [3.8, 4) is 0 Å². The summed E-state index contributed by atoms with van der Waals surface area (Å²) < 4.78 is 0. The second kappa shape index (κ2) is 7.48. The first-order chi connectivity index (χ1) is 14.9. The number of rotatable bonds is 5. The Balaban J connectivity index is 1.97. The maximum Gasteiger partial charge on any atom is 0.237 e. The summed E-state index contributed by atoms with van der Waals surface area (Å²) in [6, 6.07) is 41.9. The summed E-state index contributed by atoms with van der Waals surface area (Å²) in [5.41, 5.74) is 2.23. The van der Waals surface area contributed by atoms with Gasteiger partial charge < -0.3 is 0 Å². The predicted octanol–water partition coefficient (Wildman–Crippen LogP) is 6.51. The molecule has 5 rings (SSSR count). The molecule has 1 heterocycles. The quantitative estimate of drug-likeness (QED) is 0.351. The largest absolute Gasteiger partial charge is 0.237 e. The molecule has 0 atom stereocenters. The van der Waals surface area contributed by atoms with Crippen LogP contribution in [0.2, 0.25) is 0 Å². The fourth-order valence-corrected chi connectivity index (χ4v) is 4.46. The van der Waals surface area contributed by atoms with Gasteiger partial charge in [-0.15, -0.1) is 10.2 Å². The van der Waals surface area contributed by atoms with Crippen molar-refractivity contribution < 1.29 is 0 Å². The molecule has 0 bridgehead atoms. The van der Waals surface area contributed by atoms with E-state index >= 15 is 0 Å². The molecule has 1 radical (unpaired) electrons. The first-order valence-electron chi connectivity index (χ1n) is 9.85. The average Bonchev–Trinajstić information content (AvgIpc) is 3.34. The third kappa shape index (κ3) is 2.61. The molecule has 4 aromatic rings. The zero-order chi connectivity index (χ0) is 20.3. The number of hydrogen-bond acceptors (Lipinski definition) is 4. The molecule has 4 aromatic carbocycles. The highest BCUT2D eigenvalue weighted by Gasteiger charge is 2.59. The molecule has 1 aliphatic heterocycles. The van der Waals surface area contributed by atoms with E-state index in [1.807, 2.05) is 78.9 Å². The van der Waals surface area contributed by atoms with Crippen LogP contribution in [0.25, 0.3) is 0 Å². The fraction of sp³-hybridized carbons (Fsp3) is 0.0769. The van der Waals surface area contributed by atoms with Crippen molar-refractivity contribution >= 4 is 0 Å². The van der Waals surface area contributed by atoms with Gasteiger partial charge >= 0.3 is 0 Å². The van der Waals surface area contributed by atoms with Crippen molar-refractivity contribution in [1.82, 2.24) is 0 Å².